The van der Waals surface area contributed by atoms with E-state index >= 15 is 0 Å². The number of rotatable bonds is 10. The zero-order valence-electron chi connectivity index (χ0n) is 9.78. The molecule has 0 bridgehead atoms. The first-order valence-electron chi connectivity index (χ1n) is 6.04. The molecule has 15 heavy (non-hydrogen) atoms. The van der Waals surface area contributed by atoms with Gasteiger partial charge in [-0.3, -0.25) is 10.1 Å². The van der Waals surface area contributed by atoms with Crippen LogP contribution in [0.5, 0.6) is 0 Å². The van der Waals surface area contributed by atoms with Gasteiger partial charge in [-0.15, -0.1) is 0 Å². The Morgan fingerprint density at radius 1 is 1.00 bits per heavy atom. The molecule has 0 radical (unpaired) electrons. The highest BCUT2D eigenvalue weighted by molar-refractivity contribution is 4.80. The van der Waals surface area contributed by atoms with Crippen LogP contribution in [0.2, 0.25) is 0 Å². The van der Waals surface area contributed by atoms with E-state index in [1.165, 1.54) is 44.9 Å². The molecule has 0 aromatic rings. The highest BCUT2D eigenvalue weighted by atomic mass is 16.6. The van der Waals surface area contributed by atoms with E-state index < -0.39 is 0 Å². The second-order valence-corrected chi connectivity index (χ2v) is 3.90. The summed E-state index contributed by atoms with van der Waals surface area (Å²) in [5.74, 6) is 0. The van der Waals surface area contributed by atoms with E-state index in [0.29, 0.717) is 0 Å². The fraction of sp³-hybridized carbons (Fsp3) is 0.833. The van der Waals surface area contributed by atoms with Crippen LogP contribution in [0.15, 0.2) is 12.2 Å². The average molecular weight is 213 g/mol. The molecule has 0 aromatic heterocycles. The summed E-state index contributed by atoms with van der Waals surface area (Å²) >= 11 is 0. The van der Waals surface area contributed by atoms with Gasteiger partial charge in [0.05, 0.1) is 0 Å². The highest BCUT2D eigenvalue weighted by Gasteiger charge is 1.90. The van der Waals surface area contributed by atoms with Crippen LogP contribution in [0.4, 0.5) is 0 Å². The standard InChI is InChI=1S/C12H23NO2/c1-2-3-4-5-6-7-8-9-10-11-12-13(14)15/h10-11H,2-9,12H2,1H3. The van der Waals surface area contributed by atoms with Gasteiger partial charge in [-0.1, -0.05) is 51.5 Å². The third-order valence-electron chi connectivity index (χ3n) is 2.40. The van der Waals surface area contributed by atoms with Crippen molar-refractivity contribution in [2.75, 3.05) is 6.54 Å². The fourth-order valence-corrected chi connectivity index (χ4v) is 1.50. The first-order chi connectivity index (χ1) is 7.27. The number of hydrogen-bond acceptors (Lipinski definition) is 2. The van der Waals surface area contributed by atoms with Crippen molar-refractivity contribution in [3.8, 4) is 0 Å². The highest BCUT2D eigenvalue weighted by Crippen LogP contribution is 2.08. The average Bonchev–Trinajstić information content (AvgIpc) is 2.20. The SMILES string of the molecule is CCCCCCCCCC=CC[N+](=O)[O-]. The van der Waals surface area contributed by atoms with Crippen molar-refractivity contribution in [3.63, 3.8) is 0 Å². The predicted molar refractivity (Wildman–Crippen MR) is 63.6 cm³/mol. The molecule has 88 valence electrons. The van der Waals surface area contributed by atoms with E-state index in [-0.39, 0.29) is 11.5 Å². The normalized spacial score (nSPS) is 11.0. The summed E-state index contributed by atoms with van der Waals surface area (Å²) in [5, 5.41) is 9.99. The molecule has 3 heteroatoms. The first kappa shape index (κ1) is 14.1. The monoisotopic (exact) mass is 213 g/mol. The van der Waals surface area contributed by atoms with Gasteiger partial charge in [-0.25, -0.2) is 0 Å². The van der Waals surface area contributed by atoms with Crippen LogP contribution in [0, 0.1) is 10.1 Å². The molecule has 0 spiro atoms. The lowest BCUT2D eigenvalue weighted by Gasteiger charge is -1.98. The van der Waals surface area contributed by atoms with E-state index in [9.17, 15) is 10.1 Å². The van der Waals surface area contributed by atoms with E-state index in [2.05, 4.69) is 6.92 Å². The van der Waals surface area contributed by atoms with Gasteiger partial charge in [0.1, 0.15) is 0 Å². The van der Waals surface area contributed by atoms with Crippen LogP contribution >= 0.6 is 0 Å². The van der Waals surface area contributed by atoms with Crippen LogP contribution in [0.25, 0.3) is 0 Å². The Hall–Kier alpha value is -0.860. The second kappa shape index (κ2) is 11.2. The Balaban J connectivity index is 3.04. The molecule has 0 atom stereocenters. The summed E-state index contributed by atoms with van der Waals surface area (Å²) in [7, 11) is 0. The largest absolute Gasteiger partial charge is 0.264 e. The lowest BCUT2D eigenvalue weighted by atomic mass is 10.1. The summed E-state index contributed by atoms with van der Waals surface area (Å²) < 4.78 is 0. The predicted octanol–water partition coefficient (Wildman–Crippen LogP) is 3.96. The molecule has 0 aromatic carbocycles. The van der Waals surface area contributed by atoms with Crippen molar-refractivity contribution in [2.24, 2.45) is 0 Å². The number of unbranched alkanes of at least 4 members (excludes halogenated alkanes) is 7. The Morgan fingerprint density at radius 2 is 1.60 bits per heavy atom. The van der Waals surface area contributed by atoms with Crippen molar-refractivity contribution in [1.82, 2.24) is 0 Å². The zero-order valence-corrected chi connectivity index (χ0v) is 9.78. The maximum Gasteiger partial charge on any atom is 0.222 e. The van der Waals surface area contributed by atoms with E-state index in [0.717, 1.165) is 6.42 Å². The van der Waals surface area contributed by atoms with Crippen molar-refractivity contribution < 1.29 is 4.92 Å². The zero-order chi connectivity index (χ0) is 11.4. The van der Waals surface area contributed by atoms with Crippen molar-refractivity contribution in [3.05, 3.63) is 22.3 Å². The number of nitrogens with zero attached hydrogens (tertiary/aromatic N) is 1. The van der Waals surface area contributed by atoms with Gasteiger partial charge < -0.3 is 0 Å². The Bertz CT molecular complexity index is 178. The Kier molecular flexibility index (Phi) is 10.6. The Labute approximate surface area is 92.7 Å². The van der Waals surface area contributed by atoms with E-state index in [1.54, 1.807) is 6.08 Å². The molecule has 0 saturated carbocycles. The third-order valence-corrected chi connectivity index (χ3v) is 2.40. The van der Waals surface area contributed by atoms with Gasteiger partial charge in [-0.05, 0) is 18.9 Å². The van der Waals surface area contributed by atoms with Crippen molar-refractivity contribution >= 4 is 0 Å². The van der Waals surface area contributed by atoms with Gasteiger partial charge in [0, 0.05) is 4.92 Å². The van der Waals surface area contributed by atoms with Crippen LogP contribution in [-0.2, 0) is 0 Å². The van der Waals surface area contributed by atoms with Crippen molar-refractivity contribution in [2.45, 2.75) is 58.3 Å². The van der Waals surface area contributed by atoms with Gasteiger partial charge in [-0.2, -0.15) is 0 Å². The third kappa shape index (κ3) is 13.1. The molecule has 0 aliphatic rings. The molecule has 0 amide bonds. The van der Waals surface area contributed by atoms with E-state index in [4.69, 9.17) is 0 Å². The lowest BCUT2D eigenvalue weighted by molar-refractivity contribution is -0.468. The first-order valence-corrected chi connectivity index (χ1v) is 6.04. The summed E-state index contributed by atoms with van der Waals surface area (Å²) in [5.41, 5.74) is 0. The van der Waals surface area contributed by atoms with Crippen LogP contribution in [0.1, 0.15) is 58.3 Å². The number of nitro groups is 1. The maximum atomic E-state index is 9.99. The van der Waals surface area contributed by atoms with E-state index in [1.807, 2.05) is 6.08 Å². The van der Waals surface area contributed by atoms with Crippen LogP contribution in [-0.4, -0.2) is 11.5 Å². The summed E-state index contributed by atoms with van der Waals surface area (Å²) in [6, 6.07) is 0. The molecule has 0 fully saturated rings. The minimum atomic E-state index is -0.304. The minimum Gasteiger partial charge on any atom is -0.264 e. The molecule has 0 unspecified atom stereocenters. The topological polar surface area (TPSA) is 43.1 Å². The lowest BCUT2D eigenvalue weighted by Crippen LogP contribution is -1.95. The smallest absolute Gasteiger partial charge is 0.222 e. The quantitative estimate of drug-likeness (QED) is 0.238. The molecule has 0 rings (SSSR count). The molecule has 3 nitrogen and oxygen atoms in total. The molecule has 0 N–H and O–H groups in total. The molecular formula is C12H23NO2. The van der Waals surface area contributed by atoms with Crippen LogP contribution < -0.4 is 0 Å². The molecule has 0 saturated heterocycles. The minimum absolute atomic E-state index is 0.0312. The van der Waals surface area contributed by atoms with Gasteiger partial charge in [0.2, 0.25) is 6.54 Å². The summed E-state index contributed by atoms with van der Waals surface area (Å²) in [6.45, 7) is 2.19. The molecular weight excluding hydrogens is 190 g/mol. The summed E-state index contributed by atoms with van der Waals surface area (Å²) in [6.07, 6.45) is 13.6. The van der Waals surface area contributed by atoms with Gasteiger partial charge in [0.15, 0.2) is 0 Å². The van der Waals surface area contributed by atoms with Crippen LogP contribution in [0.3, 0.4) is 0 Å². The molecule has 0 heterocycles. The summed E-state index contributed by atoms with van der Waals surface area (Å²) in [4.78, 5) is 9.68. The maximum absolute atomic E-state index is 9.99. The molecule has 0 aliphatic heterocycles. The molecule has 0 aliphatic carbocycles. The fourth-order valence-electron chi connectivity index (χ4n) is 1.50. The Morgan fingerprint density at radius 3 is 2.20 bits per heavy atom. The second-order valence-electron chi connectivity index (χ2n) is 3.90. The van der Waals surface area contributed by atoms with Gasteiger partial charge >= 0.3 is 0 Å². The number of hydrogen-bond donors (Lipinski definition) is 0. The van der Waals surface area contributed by atoms with Crippen molar-refractivity contribution in [1.29, 1.82) is 0 Å². The number of allylic oxidation sites excluding steroid dienone is 1. The van der Waals surface area contributed by atoms with Gasteiger partial charge in [0.25, 0.3) is 0 Å².